The first-order chi connectivity index (χ1) is 7.88. The van der Waals surface area contributed by atoms with Crippen LogP contribution < -0.4 is 0 Å². The van der Waals surface area contributed by atoms with Crippen molar-refractivity contribution in [2.75, 3.05) is 0 Å². The summed E-state index contributed by atoms with van der Waals surface area (Å²) in [4.78, 5) is 12.0. The molecule has 1 aliphatic rings. The van der Waals surface area contributed by atoms with Crippen LogP contribution in [0, 0.1) is 12.8 Å². The first-order valence-corrected chi connectivity index (χ1v) is 9.98. The zero-order chi connectivity index (χ0) is 12.6. The van der Waals surface area contributed by atoms with E-state index in [0.717, 1.165) is 6.42 Å². The lowest BCUT2D eigenvalue weighted by atomic mass is 10.1. The molecule has 17 heavy (non-hydrogen) atoms. The Bertz CT molecular complexity index is 414. The number of rotatable bonds is 4. The van der Waals surface area contributed by atoms with Crippen LogP contribution in [0.25, 0.3) is 0 Å². The van der Waals surface area contributed by atoms with Gasteiger partial charge in [-0.1, -0.05) is 49.5 Å². The summed E-state index contributed by atoms with van der Waals surface area (Å²) in [6.07, 6.45) is 2.02. The maximum absolute atomic E-state index is 12.0. The maximum atomic E-state index is 12.0. The minimum Gasteiger partial charge on any atom is -0.305 e. The van der Waals surface area contributed by atoms with Gasteiger partial charge in [-0.05, 0) is 30.7 Å². The van der Waals surface area contributed by atoms with Crippen LogP contribution in [0.2, 0.25) is 19.6 Å². The maximum Gasteiger partial charge on any atom is 0.123 e. The van der Waals surface area contributed by atoms with Gasteiger partial charge >= 0.3 is 0 Å². The summed E-state index contributed by atoms with van der Waals surface area (Å²) in [6, 6.07) is 8.79. The summed E-state index contributed by atoms with van der Waals surface area (Å²) >= 11 is 0. The summed E-state index contributed by atoms with van der Waals surface area (Å²) in [5, 5.41) is 0.539. The van der Waals surface area contributed by atoms with Gasteiger partial charge in [0.05, 0.1) is 0 Å². The van der Waals surface area contributed by atoms with Crippen molar-refractivity contribution >= 4 is 13.5 Å². The zero-order valence-electron chi connectivity index (χ0n) is 11.3. The predicted molar refractivity (Wildman–Crippen MR) is 75.0 cm³/mol. The highest BCUT2D eigenvalue weighted by atomic mass is 28.3. The second kappa shape index (κ2) is 4.41. The van der Waals surface area contributed by atoms with Crippen LogP contribution in [-0.2, 0) is 4.79 Å². The van der Waals surface area contributed by atoms with E-state index in [1.165, 1.54) is 17.5 Å². The van der Waals surface area contributed by atoms with Gasteiger partial charge in [-0.15, -0.1) is 0 Å². The molecule has 0 unspecified atom stereocenters. The number of carbonyl (C=O) groups is 1. The molecule has 0 spiro atoms. The van der Waals surface area contributed by atoms with Crippen LogP contribution in [0.15, 0.2) is 24.3 Å². The summed E-state index contributed by atoms with van der Waals surface area (Å²) in [6.45, 7) is 8.57. The van der Waals surface area contributed by atoms with Gasteiger partial charge in [-0.2, -0.15) is 0 Å². The Morgan fingerprint density at radius 2 is 1.82 bits per heavy atom. The van der Waals surface area contributed by atoms with Gasteiger partial charge < -0.3 is 4.79 Å². The van der Waals surface area contributed by atoms with E-state index >= 15 is 0 Å². The third-order valence-electron chi connectivity index (χ3n) is 3.71. The fraction of sp³-hybridized carbons (Fsp3) is 0.533. The van der Waals surface area contributed by atoms with E-state index in [0.29, 0.717) is 17.2 Å². The van der Waals surface area contributed by atoms with Crippen LogP contribution in [0.3, 0.4) is 0 Å². The van der Waals surface area contributed by atoms with Gasteiger partial charge in [-0.25, -0.2) is 0 Å². The summed E-state index contributed by atoms with van der Waals surface area (Å²) < 4.78 is 0. The highest BCUT2D eigenvalue weighted by molar-refractivity contribution is 7.03. The molecular weight excluding hydrogens is 224 g/mol. The molecule has 1 aromatic rings. The molecule has 2 rings (SSSR count). The van der Waals surface area contributed by atoms with Gasteiger partial charge in [0.25, 0.3) is 0 Å². The minimum atomic E-state index is -1.56. The van der Waals surface area contributed by atoms with Gasteiger partial charge in [0.15, 0.2) is 0 Å². The van der Waals surface area contributed by atoms with Crippen molar-refractivity contribution in [3.8, 4) is 0 Å². The summed E-state index contributed by atoms with van der Waals surface area (Å²) in [5.41, 5.74) is 2.73. The summed E-state index contributed by atoms with van der Waals surface area (Å²) in [7, 11) is -1.56. The van der Waals surface area contributed by atoms with E-state index in [9.17, 15) is 4.79 Å². The molecule has 1 fully saturated rings. The average Bonchev–Trinajstić information content (AvgIpc) is 2.97. The molecule has 0 heterocycles. The average molecular weight is 246 g/mol. The number of aryl methyl sites for hydroxylation is 1. The molecule has 0 amide bonds. The van der Waals surface area contributed by atoms with Crippen molar-refractivity contribution in [1.29, 1.82) is 0 Å². The Morgan fingerprint density at radius 1 is 1.24 bits per heavy atom. The first kappa shape index (κ1) is 12.6. The smallest absolute Gasteiger partial charge is 0.123 e. The quantitative estimate of drug-likeness (QED) is 0.736. The molecule has 2 atom stereocenters. The van der Waals surface area contributed by atoms with Gasteiger partial charge in [-0.3, -0.25) is 0 Å². The van der Waals surface area contributed by atoms with E-state index in [-0.39, 0.29) is 0 Å². The molecule has 0 saturated heterocycles. The first-order valence-electron chi connectivity index (χ1n) is 6.48. The Balaban J connectivity index is 1.93. The SMILES string of the molecule is Cc1ccc([C@@H]2C[C@H]2CC(=O)[Si](C)(C)C)cc1. The van der Waals surface area contributed by atoms with Crippen molar-refractivity contribution in [3.63, 3.8) is 0 Å². The second-order valence-corrected chi connectivity index (χ2v) is 11.4. The highest BCUT2D eigenvalue weighted by Gasteiger charge is 2.41. The fourth-order valence-corrected chi connectivity index (χ4v) is 3.11. The van der Waals surface area contributed by atoms with Gasteiger partial charge in [0.1, 0.15) is 13.5 Å². The Morgan fingerprint density at radius 3 is 2.35 bits per heavy atom. The molecule has 0 radical (unpaired) electrons. The standard InChI is InChI=1S/C15H22OSi/c1-11-5-7-12(8-6-11)14-9-13(14)10-15(16)17(2,3)4/h5-8,13-14H,9-10H2,1-4H3/t13-,14-/m0/s1. The summed E-state index contributed by atoms with van der Waals surface area (Å²) in [5.74, 6) is 1.27. The van der Waals surface area contributed by atoms with E-state index < -0.39 is 8.07 Å². The van der Waals surface area contributed by atoms with E-state index in [1.54, 1.807) is 0 Å². The van der Waals surface area contributed by atoms with Gasteiger partial charge in [0, 0.05) is 6.42 Å². The molecule has 1 saturated carbocycles. The van der Waals surface area contributed by atoms with Crippen molar-refractivity contribution < 1.29 is 4.79 Å². The molecule has 0 aliphatic heterocycles. The predicted octanol–water partition coefficient (Wildman–Crippen LogP) is 3.94. The third kappa shape index (κ3) is 3.06. The Kier molecular flexibility index (Phi) is 3.26. The monoisotopic (exact) mass is 246 g/mol. The molecule has 2 heteroatoms. The lowest BCUT2D eigenvalue weighted by molar-refractivity contribution is -0.113. The largest absolute Gasteiger partial charge is 0.305 e. The minimum absolute atomic E-state index is 0.539. The molecule has 0 N–H and O–H groups in total. The molecule has 1 aliphatic carbocycles. The number of carbonyl (C=O) groups excluding carboxylic acids is 1. The lowest BCUT2D eigenvalue weighted by Gasteiger charge is -2.13. The zero-order valence-corrected chi connectivity index (χ0v) is 12.3. The second-order valence-electron chi connectivity index (χ2n) is 6.39. The number of hydrogen-bond acceptors (Lipinski definition) is 1. The fourth-order valence-electron chi connectivity index (χ4n) is 2.24. The van der Waals surface area contributed by atoms with Crippen LogP contribution in [-0.4, -0.2) is 13.5 Å². The Labute approximate surface area is 105 Å². The number of benzene rings is 1. The van der Waals surface area contributed by atoms with Crippen LogP contribution in [0.1, 0.15) is 29.9 Å². The lowest BCUT2D eigenvalue weighted by Crippen LogP contribution is -2.33. The normalized spacial score (nSPS) is 23.5. The van der Waals surface area contributed by atoms with Crippen molar-refractivity contribution in [1.82, 2.24) is 0 Å². The van der Waals surface area contributed by atoms with E-state index in [2.05, 4.69) is 50.8 Å². The molecule has 1 nitrogen and oxygen atoms in total. The van der Waals surface area contributed by atoms with E-state index in [4.69, 9.17) is 0 Å². The molecule has 1 aromatic carbocycles. The molecular formula is C15H22OSi. The molecule has 92 valence electrons. The Hall–Kier alpha value is -0.893. The van der Waals surface area contributed by atoms with Crippen LogP contribution in [0.4, 0.5) is 0 Å². The molecule has 0 aromatic heterocycles. The third-order valence-corrected chi connectivity index (χ3v) is 5.59. The van der Waals surface area contributed by atoms with Crippen LogP contribution in [0.5, 0.6) is 0 Å². The highest BCUT2D eigenvalue weighted by Crippen LogP contribution is 2.49. The van der Waals surface area contributed by atoms with Crippen molar-refractivity contribution in [2.45, 2.75) is 45.3 Å². The van der Waals surface area contributed by atoms with Crippen molar-refractivity contribution in [2.24, 2.45) is 5.92 Å². The molecule has 0 bridgehead atoms. The number of hydrogen-bond donors (Lipinski definition) is 0. The van der Waals surface area contributed by atoms with Gasteiger partial charge in [0.2, 0.25) is 0 Å². The van der Waals surface area contributed by atoms with Crippen LogP contribution >= 0.6 is 0 Å². The topological polar surface area (TPSA) is 17.1 Å². The van der Waals surface area contributed by atoms with E-state index in [1.807, 2.05) is 0 Å². The van der Waals surface area contributed by atoms with Crippen molar-refractivity contribution in [3.05, 3.63) is 35.4 Å².